The smallest absolute Gasteiger partial charge is 0.334 e. The Morgan fingerprint density at radius 1 is 1.22 bits per heavy atom. The summed E-state index contributed by atoms with van der Waals surface area (Å²) in [6, 6.07) is 17.3. The first-order chi connectivity index (χ1) is 13.2. The fourth-order valence-corrected chi connectivity index (χ4v) is 4.17. The zero-order valence-corrected chi connectivity index (χ0v) is 16.8. The lowest BCUT2D eigenvalue weighted by Gasteiger charge is -2.22. The molecule has 6 heteroatoms. The molecule has 2 aromatic rings. The highest BCUT2D eigenvalue weighted by Crippen LogP contribution is 2.42. The Balaban J connectivity index is 1.72. The van der Waals surface area contributed by atoms with Crippen molar-refractivity contribution in [1.29, 1.82) is 0 Å². The molecule has 0 fully saturated rings. The molecule has 0 radical (unpaired) electrons. The maximum Gasteiger partial charge on any atom is 0.334 e. The van der Waals surface area contributed by atoms with Gasteiger partial charge in [-0.3, -0.25) is 0 Å². The molecule has 3 rings (SSSR count). The third-order valence-electron chi connectivity index (χ3n) is 3.78. The first-order valence-corrected chi connectivity index (χ1v) is 10.5. The average molecular weight is 401 g/mol. The van der Waals surface area contributed by atoms with Crippen molar-refractivity contribution in [1.82, 2.24) is 0 Å². The lowest BCUT2D eigenvalue weighted by molar-refractivity contribution is -0.139. The fourth-order valence-electron chi connectivity index (χ4n) is 2.47. The van der Waals surface area contributed by atoms with Gasteiger partial charge in [0.2, 0.25) is 0 Å². The van der Waals surface area contributed by atoms with Crippen LogP contribution in [0.2, 0.25) is 0 Å². The van der Waals surface area contributed by atoms with Crippen molar-refractivity contribution in [2.45, 2.75) is 6.61 Å². The second-order valence-electron chi connectivity index (χ2n) is 5.65. The van der Waals surface area contributed by atoms with E-state index in [0.29, 0.717) is 11.5 Å². The van der Waals surface area contributed by atoms with Crippen LogP contribution in [0.5, 0.6) is 5.75 Å². The van der Waals surface area contributed by atoms with Gasteiger partial charge in [0.1, 0.15) is 18.1 Å². The van der Waals surface area contributed by atoms with Crippen molar-refractivity contribution in [3.05, 3.63) is 81.8 Å². The number of hydrogen-bond donors (Lipinski definition) is 0. The zero-order chi connectivity index (χ0) is 19.1. The summed E-state index contributed by atoms with van der Waals surface area (Å²) in [7, 11) is 1.63. The molecule has 1 heterocycles. The van der Waals surface area contributed by atoms with Crippen molar-refractivity contribution in [3.63, 3.8) is 0 Å². The average Bonchev–Trinajstić information content (AvgIpc) is 2.73. The van der Waals surface area contributed by atoms with Crippen molar-refractivity contribution < 1.29 is 19.0 Å². The standard InChI is InChI=1S/C21H20O4S2/c1-23-17-10-6-9-16(11-17)20-21(26-2)27-14-18(25-20)12-19(22)24-13-15-7-4-3-5-8-15/h3-12H,13-14H2,1-2H3/b18-12+. The number of rotatable bonds is 6. The summed E-state index contributed by atoms with van der Waals surface area (Å²) in [5.74, 6) is 2.25. The Kier molecular flexibility index (Phi) is 6.90. The van der Waals surface area contributed by atoms with Gasteiger partial charge in [-0.15, -0.1) is 23.5 Å². The van der Waals surface area contributed by atoms with Crippen LogP contribution in [0.4, 0.5) is 0 Å². The van der Waals surface area contributed by atoms with E-state index in [-0.39, 0.29) is 6.61 Å². The Morgan fingerprint density at radius 3 is 2.78 bits per heavy atom. The van der Waals surface area contributed by atoms with Gasteiger partial charge in [0, 0.05) is 5.56 Å². The highest BCUT2D eigenvalue weighted by Gasteiger charge is 2.21. The Hall–Kier alpha value is -2.31. The molecule has 0 spiro atoms. The third-order valence-corrected chi connectivity index (χ3v) is 6.07. The maximum absolute atomic E-state index is 12.2. The van der Waals surface area contributed by atoms with Crippen LogP contribution in [0.1, 0.15) is 11.1 Å². The molecule has 0 aliphatic carbocycles. The van der Waals surface area contributed by atoms with E-state index in [1.165, 1.54) is 6.08 Å². The second kappa shape index (κ2) is 9.58. The molecule has 1 aliphatic rings. The van der Waals surface area contributed by atoms with Gasteiger partial charge in [-0.25, -0.2) is 4.79 Å². The van der Waals surface area contributed by atoms with Gasteiger partial charge in [0.15, 0.2) is 5.76 Å². The number of hydrogen-bond acceptors (Lipinski definition) is 6. The van der Waals surface area contributed by atoms with E-state index in [9.17, 15) is 4.79 Å². The summed E-state index contributed by atoms with van der Waals surface area (Å²) in [5, 5.41) is 0. The largest absolute Gasteiger partial charge is 0.497 e. The van der Waals surface area contributed by atoms with Gasteiger partial charge >= 0.3 is 5.97 Å². The van der Waals surface area contributed by atoms with Crippen molar-refractivity contribution in [2.75, 3.05) is 19.1 Å². The van der Waals surface area contributed by atoms with E-state index in [2.05, 4.69) is 0 Å². The molecule has 0 amide bonds. The lowest BCUT2D eigenvalue weighted by atomic mass is 10.2. The van der Waals surface area contributed by atoms with Crippen molar-refractivity contribution in [2.24, 2.45) is 0 Å². The fraction of sp³-hybridized carbons (Fsp3) is 0.190. The molecule has 0 N–H and O–H groups in total. The summed E-state index contributed by atoms with van der Waals surface area (Å²) in [6.45, 7) is 0.241. The first-order valence-electron chi connectivity index (χ1n) is 8.34. The minimum absolute atomic E-state index is 0.241. The summed E-state index contributed by atoms with van der Waals surface area (Å²) in [4.78, 5) is 12.2. The van der Waals surface area contributed by atoms with Crippen LogP contribution in [-0.4, -0.2) is 25.1 Å². The van der Waals surface area contributed by atoms with Crippen LogP contribution < -0.4 is 4.74 Å². The van der Waals surface area contributed by atoms with Crippen LogP contribution in [0.3, 0.4) is 0 Å². The van der Waals surface area contributed by atoms with Gasteiger partial charge in [0.25, 0.3) is 0 Å². The molecule has 2 aromatic carbocycles. The first kappa shape index (κ1) is 19.5. The molecule has 140 valence electrons. The van der Waals surface area contributed by atoms with Crippen molar-refractivity contribution in [3.8, 4) is 5.75 Å². The molecular formula is C21H20O4S2. The van der Waals surface area contributed by atoms with Gasteiger partial charge in [-0.05, 0) is 24.0 Å². The summed E-state index contributed by atoms with van der Waals surface area (Å²) in [6.07, 6.45) is 3.43. The SMILES string of the molecule is COc1cccc(C2=C(SC)SC/C(=C\C(=O)OCc3ccccc3)O2)c1. The quantitative estimate of drug-likeness (QED) is 0.498. The Morgan fingerprint density at radius 2 is 2.04 bits per heavy atom. The van der Waals surface area contributed by atoms with E-state index >= 15 is 0 Å². The monoisotopic (exact) mass is 400 g/mol. The number of carbonyl (C=O) groups excluding carboxylic acids is 1. The second-order valence-corrected chi connectivity index (χ2v) is 7.71. The topological polar surface area (TPSA) is 44.8 Å². The molecule has 0 bridgehead atoms. The molecule has 0 saturated carbocycles. The summed E-state index contributed by atoms with van der Waals surface area (Å²) < 4.78 is 17.7. The molecule has 0 saturated heterocycles. The molecule has 0 unspecified atom stereocenters. The molecule has 1 aliphatic heterocycles. The highest BCUT2D eigenvalue weighted by atomic mass is 32.2. The molecule has 4 nitrogen and oxygen atoms in total. The Bertz CT molecular complexity index is 859. The van der Waals surface area contributed by atoms with Crippen LogP contribution >= 0.6 is 23.5 Å². The van der Waals surface area contributed by atoms with E-state index in [1.807, 2.05) is 60.9 Å². The third kappa shape index (κ3) is 5.34. The molecule has 0 aromatic heterocycles. The minimum atomic E-state index is -0.410. The summed E-state index contributed by atoms with van der Waals surface area (Å²) in [5.41, 5.74) is 1.86. The number of methoxy groups -OCH3 is 1. The van der Waals surface area contributed by atoms with Gasteiger partial charge < -0.3 is 14.2 Å². The predicted molar refractivity (Wildman–Crippen MR) is 111 cm³/mol. The molecular weight excluding hydrogens is 380 g/mol. The van der Waals surface area contributed by atoms with E-state index < -0.39 is 5.97 Å². The van der Waals surface area contributed by atoms with E-state index in [1.54, 1.807) is 30.6 Å². The number of carbonyl (C=O) groups is 1. The van der Waals surface area contributed by atoms with Gasteiger partial charge in [-0.2, -0.15) is 0 Å². The van der Waals surface area contributed by atoms with Gasteiger partial charge in [0.05, 0.1) is 23.2 Å². The van der Waals surface area contributed by atoms with Crippen LogP contribution in [0.25, 0.3) is 5.76 Å². The van der Waals surface area contributed by atoms with Crippen LogP contribution in [-0.2, 0) is 20.9 Å². The highest BCUT2D eigenvalue weighted by molar-refractivity contribution is 8.22. The van der Waals surface area contributed by atoms with Crippen LogP contribution in [0.15, 0.2) is 70.7 Å². The number of benzene rings is 2. The Labute approximate surface area is 167 Å². The normalized spacial score (nSPS) is 15.4. The van der Waals surface area contributed by atoms with Crippen LogP contribution in [0, 0.1) is 0 Å². The number of ether oxygens (including phenoxy) is 3. The van der Waals surface area contributed by atoms with E-state index in [0.717, 1.165) is 26.9 Å². The lowest BCUT2D eigenvalue weighted by Crippen LogP contribution is -2.08. The molecule has 27 heavy (non-hydrogen) atoms. The summed E-state index contributed by atoms with van der Waals surface area (Å²) >= 11 is 3.27. The van der Waals surface area contributed by atoms with Crippen molar-refractivity contribution >= 4 is 35.3 Å². The molecule has 0 atom stereocenters. The van der Waals surface area contributed by atoms with Gasteiger partial charge in [-0.1, -0.05) is 42.5 Å². The predicted octanol–water partition coefficient (Wildman–Crippen LogP) is 5.08. The number of thioether (sulfide) groups is 2. The van der Waals surface area contributed by atoms with E-state index in [4.69, 9.17) is 14.2 Å². The minimum Gasteiger partial charge on any atom is -0.497 e. The maximum atomic E-state index is 12.2. The zero-order valence-electron chi connectivity index (χ0n) is 15.1. The number of esters is 1.